The van der Waals surface area contributed by atoms with E-state index in [1.807, 2.05) is 0 Å². The highest BCUT2D eigenvalue weighted by Gasteiger charge is 2.29. The van der Waals surface area contributed by atoms with E-state index in [0.717, 1.165) is 6.07 Å². The molecule has 1 heterocycles. The number of carbonyl (C=O) groups excluding carboxylic acids is 2. The summed E-state index contributed by atoms with van der Waals surface area (Å²) in [4.78, 5) is 25.7. The summed E-state index contributed by atoms with van der Waals surface area (Å²) in [5, 5.41) is 2.76. The molecule has 0 aliphatic carbocycles. The molecule has 0 bridgehead atoms. The Kier molecular flexibility index (Phi) is 6.00. The third-order valence-corrected chi connectivity index (χ3v) is 4.06. The Morgan fingerprint density at radius 1 is 1.27 bits per heavy atom. The van der Waals surface area contributed by atoms with E-state index in [2.05, 4.69) is 11.9 Å². The second kappa shape index (κ2) is 7.85. The lowest BCUT2D eigenvalue weighted by molar-refractivity contribution is 0.0473. The van der Waals surface area contributed by atoms with Crippen LogP contribution in [0.2, 0.25) is 0 Å². The second-order valence-electron chi connectivity index (χ2n) is 7.24. The molecule has 0 aromatic heterocycles. The van der Waals surface area contributed by atoms with E-state index in [1.165, 1.54) is 17.0 Å². The van der Waals surface area contributed by atoms with Gasteiger partial charge in [-0.2, -0.15) is 0 Å². The summed E-state index contributed by atoms with van der Waals surface area (Å²) < 4.78 is 33.5. The molecular formula is C19H24F2N2O3. The molecule has 1 fully saturated rings. The molecule has 1 aromatic rings. The molecule has 1 aliphatic heterocycles. The van der Waals surface area contributed by atoms with Crippen LogP contribution < -0.4 is 5.32 Å². The first-order valence-electron chi connectivity index (χ1n) is 8.51. The molecule has 5 nitrogen and oxygen atoms in total. The van der Waals surface area contributed by atoms with Gasteiger partial charge in [0, 0.05) is 24.7 Å². The zero-order valence-corrected chi connectivity index (χ0v) is 15.3. The van der Waals surface area contributed by atoms with Crippen molar-refractivity contribution in [2.45, 2.75) is 45.3 Å². The highest BCUT2D eigenvalue weighted by atomic mass is 19.1. The molecule has 1 aromatic carbocycles. The third-order valence-electron chi connectivity index (χ3n) is 4.06. The molecule has 2 rings (SSSR count). The molecule has 0 atom stereocenters. The van der Waals surface area contributed by atoms with Gasteiger partial charge < -0.3 is 15.0 Å². The quantitative estimate of drug-likeness (QED) is 0.887. The van der Waals surface area contributed by atoms with Crippen molar-refractivity contribution in [3.8, 4) is 0 Å². The van der Waals surface area contributed by atoms with E-state index in [1.54, 1.807) is 20.8 Å². The minimum absolute atomic E-state index is 0.0798. The van der Waals surface area contributed by atoms with Crippen molar-refractivity contribution in [2.24, 2.45) is 0 Å². The lowest BCUT2D eigenvalue weighted by atomic mass is 10.0. The number of hydrogen-bond acceptors (Lipinski definition) is 3. The number of hydrogen-bond donors (Lipinski definition) is 1. The molecule has 142 valence electrons. The zero-order chi connectivity index (χ0) is 19.5. The number of ether oxygens (including phenoxy) is 1. The van der Waals surface area contributed by atoms with Crippen molar-refractivity contribution < 1.29 is 23.1 Å². The summed E-state index contributed by atoms with van der Waals surface area (Å²) in [6.45, 7) is 9.35. The highest BCUT2D eigenvalue weighted by Crippen LogP contribution is 2.22. The lowest BCUT2D eigenvalue weighted by Gasteiger charge is -2.33. The number of carbonyl (C=O) groups is 2. The molecular weight excluding hydrogens is 342 g/mol. The minimum Gasteiger partial charge on any atom is -0.444 e. The monoisotopic (exact) mass is 366 g/mol. The first kappa shape index (κ1) is 19.9. The molecule has 26 heavy (non-hydrogen) atoms. The number of amides is 2. The van der Waals surface area contributed by atoms with Crippen molar-refractivity contribution in [3.63, 3.8) is 0 Å². The predicted molar refractivity (Wildman–Crippen MR) is 94.7 cm³/mol. The van der Waals surface area contributed by atoms with Gasteiger partial charge in [-0.1, -0.05) is 12.7 Å². The van der Waals surface area contributed by atoms with Crippen LogP contribution in [-0.2, 0) is 4.74 Å². The van der Waals surface area contributed by atoms with Crippen molar-refractivity contribution in [1.82, 2.24) is 10.2 Å². The fourth-order valence-corrected chi connectivity index (χ4v) is 2.78. The molecule has 1 saturated heterocycles. The number of rotatable bonds is 3. The average Bonchev–Trinajstić information content (AvgIpc) is 2.53. The maximum atomic E-state index is 14.3. The molecule has 0 radical (unpaired) electrons. The molecule has 7 heteroatoms. The summed E-state index contributed by atoms with van der Waals surface area (Å²) in [5.41, 5.74) is -1.08. The van der Waals surface area contributed by atoms with Gasteiger partial charge in [-0.3, -0.25) is 4.79 Å². The van der Waals surface area contributed by atoms with E-state index in [-0.39, 0.29) is 24.7 Å². The Morgan fingerprint density at radius 2 is 1.88 bits per heavy atom. The minimum atomic E-state index is -0.904. The van der Waals surface area contributed by atoms with Crippen molar-refractivity contribution in [1.29, 1.82) is 0 Å². The number of nitrogens with one attached hydrogen (secondary N) is 1. The third kappa shape index (κ3) is 4.80. The van der Waals surface area contributed by atoms with Gasteiger partial charge >= 0.3 is 6.09 Å². The average molecular weight is 366 g/mol. The van der Waals surface area contributed by atoms with Gasteiger partial charge in [0.2, 0.25) is 0 Å². The van der Waals surface area contributed by atoms with Crippen LogP contribution in [0.15, 0.2) is 18.7 Å². The SMILES string of the molecule is C=Cc1ccc(F)c(C(=O)N2CCC(NC(=O)OC(C)(C)C)CC2)c1F. The van der Waals surface area contributed by atoms with E-state index in [9.17, 15) is 18.4 Å². The number of benzene rings is 1. The van der Waals surface area contributed by atoms with Gasteiger partial charge in [-0.05, 0) is 45.7 Å². The van der Waals surface area contributed by atoms with E-state index >= 15 is 0 Å². The number of halogens is 2. The van der Waals surface area contributed by atoms with Crippen LogP contribution in [0.25, 0.3) is 6.08 Å². The summed E-state index contributed by atoms with van der Waals surface area (Å²) in [6, 6.07) is 2.15. The van der Waals surface area contributed by atoms with Gasteiger partial charge in [0.1, 0.15) is 22.8 Å². The molecule has 2 amide bonds. The summed E-state index contributed by atoms with van der Waals surface area (Å²) in [7, 11) is 0. The van der Waals surface area contributed by atoms with Crippen LogP contribution in [0.1, 0.15) is 49.5 Å². The maximum absolute atomic E-state index is 14.3. The summed E-state index contributed by atoms with van der Waals surface area (Å²) >= 11 is 0. The Labute approximate surface area is 152 Å². The number of alkyl carbamates (subject to hydrolysis) is 1. The van der Waals surface area contributed by atoms with Gasteiger partial charge in [0.25, 0.3) is 5.91 Å². The molecule has 1 aliphatic rings. The lowest BCUT2D eigenvalue weighted by Crippen LogP contribution is -2.47. The van der Waals surface area contributed by atoms with Crippen LogP contribution in [0.4, 0.5) is 13.6 Å². The fourth-order valence-electron chi connectivity index (χ4n) is 2.78. The molecule has 0 spiro atoms. The van der Waals surface area contributed by atoms with Crippen LogP contribution in [-0.4, -0.2) is 41.6 Å². The smallest absolute Gasteiger partial charge is 0.407 e. The molecule has 1 N–H and O–H groups in total. The number of nitrogens with zero attached hydrogens (tertiary/aromatic N) is 1. The Hall–Kier alpha value is -2.44. The highest BCUT2D eigenvalue weighted by molar-refractivity contribution is 5.95. The van der Waals surface area contributed by atoms with Crippen molar-refractivity contribution in [3.05, 3.63) is 41.5 Å². The van der Waals surface area contributed by atoms with E-state index < -0.39 is 34.8 Å². The van der Waals surface area contributed by atoms with E-state index in [4.69, 9.17) is 4.74 Å². The second-order valence-corrected chi connectivity index (χ2v) is 7.24. The van der Waals surface area contributed by atoms with Crippen LogP contribution in [0.5, 0.6) is 0 Å². The number of likely N-dealkylation sites (tertiary alicyclic amines) is 1. The van der Waals surface area contributed by atoms with Gasteiger partial charge in [-0.25, -0.2) is 13.6 Å². The topological polar surface area (TPSA) is 58.6 Å². The first-order chi connectivity index (χ1) is 12.1. The Bertz CT molecular complexity index is 705. The Morgan fingerprint density at radius 3 is 2.42 bits per heavy atom. The number of piperidine rings is 1. The zero-order valence-electron chi connectivity index (χ0n) is 15.3. The normalized spacial score (nSPS) is 15.5. The fraction of sp³-hybridized carbons (Fsp3) is 0.474. The molecule has 0 unspecified atom stereocenters. The van der Waals surface area contributed by atoms with Crippen LogP contribution >= 0.6 is 0 Å². The standard InChI is InChI=1S/C19H24F2N2O3/c1-5-12-6-7-14(20)15(16(12)21)17(24)23-10-8-13(9-11-23)22-18(25)26-19(2,3)4/h5-7,13H,1,8-11H2,2-4H3,(H,22,25). The molecule has 0 saturated carbocycles. The summed E-state index contributed by atoms with van der Waals surface area (Å²) in [6.07, 6.45) is 1.69. The predicted octanol–water partition coefficient (Wildman–Crippen LogP) is 3.74. The van der Waals surface area contributed by atoms with Crippen molar-refractivity contribution in [2.75, 3.05) is 13.1 Å². The largest absolute Gasteiger partial charge is 0.444 e. The first-order valence-corrected chi connectivity index (χ1v) is 8.51. The van der Waals surface area contributed by atoms with Crippen LogP contribution in [0.3, 0.4) is 0 Å². The van der Waals surface area contributed by atoms with Gasteiger partial charge in [0.05, 0.1) is 0 Å². The van der Waals surface area contributed by atoms with Crippen LogP contribution in [0, 0.1) is 11.6 Å². The van der Waals surface area contributed by atoms with E-state index in [0.29, 0.717) is 12.8 Å². The van der Waals surface area contributed by atoms with Crippen molar-refractivity contribution >= 4 is 18.1 Å². The van der Waals surface area contributed by atoms with Gasteiger partial charge in [-0.15, -0.1) is 0 Å². The van der Waals surface area contributed by atoms with Gasteiger partial charge in [0.15, 0.2) is 0 Å². The maximum Gasteiger partial charge on any atom is 0.407 e. The summed E-state index contributed by atoms with van der Waals surface area (Å²) in [5.74, 6) is -2.49. The Balaban J connectivity index is 1.99.